The average Bonchev–Trinajstić information content (AvgIpc) is 3.42. The number of carbonyl (C=O) groups is 2. The molecule has 0 unspecified atom stereocenters. The average molecular weight is 389 g/mol. The molecule has 1 fully saturated rings. The largest absolute Gasteiger partial charge is 0.481 e. The van der Waals surface area contributed by atoms with E-state index in [2.05, 4.69) is 24.3 Å². The number of hydrogen-bond donors (Lipinski definition) is 1. The van der Waals surface area contributed by atoms with Gasteiger partial charge in [-0.1, -0.05) is 43.5 Å². The number of ether oxygens (including phenoxy) is 1. The van der Waals surface area contributed by atoms with E-state index in [4.69, 9.17) is 9.84 Å². The zero-order chi connectivity index (χ0) is 20.5. The van der Waals surface area contributed by atoms with Crippen LogP contribution in [0, 0.1) is 5.41 Å². The Bertz CT molecular complexity index is 614. The SMILES string of the molecule is CC(C)(CCCCCCc1ccc(CCCCC2(OC=O)CC2)cc1)C(=O)O. The first-order chi connectivity index (χ1) is 13.4. The monoisotopic (exact) mass is 388 g/mol. The Labute approximate surface area is 169 Å². The Morgan fingerprint density at radius 1 is 1.00 bits per heavy atom. The third-order valence-corrected chi connectivity index (χ3v) is 6.07. The molecule has 0 atom stereocenters. The first kappa shape index (κ1) is 22.4. The van der Waals surface area contributed by atoms with Crippen LogP contribution in [0.1, 0.15) is 89.2 Å². The van der Waals surface area contributed by atoms with Gasteiger partial charge in [0, 0.05) is 0 Å². The number of rotatable bonds is 15. The minimum Gasteiger partial charge on any atom is -0.481 e. The molecule has 4 nitrogen and oxygen atoms in total. The number of aryl methyl sites for hydroxylation is 2. The molecule has 156 valence electrons. The van der Waals surface area contributed by atoms with Gasteiger partial charge in [-0.25, -0.2) is 0 Å². The van der Waals surface area contributed by atoms with Gasteiger partial charge < -0.3 is 9.84 Å². The summed E-state index contributed by atoms with van der Waals surface area (Å²) in [6, 6.07) is 8.95. The summed E-state index contributed by atoms with van der Waals surface area (Å²) >= 11 is 0. The van der Waals surface area contributed by atoms with Crippen molar-refractivity contribution in [3.63, 3.8) is 0 Å². The van der Waals surface area contributed by atoms with Crippen molar-refractivity contribution in [3.8, 4) is 0 Å². The van der Waals surface area contributed by atoms with Crippen molar-refractivity contribution < 1.29 is 19.4 Å². The highest BCUT2D eigenvalue weighted by Gasteiger charge is 2.44. The number of benzene rings is 1. The van der Waals surface area contributed by atoms with Gasteiger partial charge in [0.05, 0.1) is 5.41 Å². The smallest absolute Gasteiger partial charge is 0.309 e. The van der Waals surface area contributed by atoms with Crippen molar-refractivity contribution in [2.75, 3.05) is 0 Å². The highest BCUT2D eigenvalue weighted by atomic mass is 16.5. The molecule has 0 heterocycles. The molecule has 0 bridgehead atoms. The van der Waals surface area contributed by atoms with Crippen molar-refractivity contribution in [2.24, 2.45) is 5.41 Å². The topological polar surface area (TPSA) is 63.6 Å². The van der Waals surface area contributed by atoms with Crippen molar-refractivity contribution >= 4 is 12.4 Å². The number of hydrogen-bond acceptors (Lipinski definition) is 3. The molecule has 1 aliphatic carbocycles. The van der Waals surface area contributed by atoms with Crippen LogP contribution in [0.4, 0.5) is 0 Å². The number of unbranched alkanes of at least 4 members (excludes halogenated alkanes) is 4. The second kappa shape index (κ2) is 10.6. The second-order valence-corrected chi connectivity index (χ2v) is 9.02. The van der Waals surface area contributed by atoms with Crippen molar-refractivity contribution in [2.45, 2.75) is 96.5 Å². The quantitative estimate of drug-likeness (QED) is 0.309. The summed E-state index contributed by atoms with van der Waals surface area (Å²) in [6.07, 6.45) is 12.6. The van der Waals surface area contributed by atoms with Crippen LogP contribution in [0.25, 0.3) is 0 Å². The molecule has 0 aromatic heterocycles. The lowest BCUT2D eigenvalue weighted by Gasteiger charge is -2.18. The van der Waals surface area contributed by atoms with E-state index in [1.54, 1.807) is 13.8 Å². The van der Waals surface area contributed by atoms with Gasteiger partial charge in [-0.15, -0.1) is 0 Å². The molecule has 0 spiro atoms. The van der Waals surface area contributed by atoms with Gasteiger partial charge in [-0.3, -0.25) is 9.59 Å². The van der Waals surface area contributed by atoms with E-state index in [0.717, 1.165) is 77.0 Å². The Kier molecular flexibility index (Phi) is 8.53. The van der Waals surface area contributed by atoms with E-state index >= 15 is 0 Å². The van der Waals surface area contributed by atoms with Gasteiger partial charge in [0.15, 0.2) is 0 Å². The van der Waals surface area contributed by atoms with Crippen LogP contribution in [-0.2, 0) is 27.2 Å². The lowest BCUT2D eigenvalue weighted by molar-refractivity contribution is -0.147. The number of aliphatic carboxylic acids is 1. The van der Waals surface area contributed by atoms with Gasteiger partial charge in [-0.2, -0.15) is 0 Å². The van der Waals surface area contributed by atoms with Crippen LogP contribution in [0.5, 0.6) is 0 Å². The maximum Gasteiger partial charge on any atom is 0.309 e. The molecule has 1 aromatic carbocycles. The van der Waals surface area contributed by atoms with Crippen LogP contribution in [0.15, 0.2) is 24.3 Å². The van der Waals surface area contributed by atoms with Crippen molar-refractivity contribution in [1.29, 1.82) is 0 Å². The van der Waals surface area contributed by atoms with Gasteiger partial charge in [0.25, 0.3) is 6.47 Å². The minimum atomic E-state index is -0.700. The summed E-state index contributed by atoms with van der Waals surface area (Å²) in [6.45, 7) is 4.21. The molecule has 0 amide bonds. The van der Waals surface area contributed by atoms with Crippen LogP contribution in [0.3, 0.4) is 0 Å². The third kappa shape index (κ3) is 7.65. The Balaban J connectivity index is 1.55. The summed E-state index contributed by atoms with van der Waals surface area (Å²) in [4.78, 5) is 21.6. The summed E-state index contributed by atoms with van der Waals surface area (Å²) in [5.74, 6) is -0.700. The normalized spacial score (nSPS) is 15.2. The maximum absolute atomic E-state index is 11.1. The fourth-order valence-electron chi connectivity index (χ4n) is 3.67. The molecule has 0 radical (unpaired) electrons. The molecule has 1 aromatic rings. The summed E-state index contributed by atoms with van der Waals surface area (Å²) in [5, 5.41) is 9.12. The summed E-state index contributed by atoms with van der Waals surface area (Å²) in [7, 11) is 0. The molecule has 1 saturated carbocycles. The molecule has 1 N–H and O–H groups in total. The number of carboxylic acids is 1. The van der Waals surface area contributed by atoms with Crippen LogP contribution in [0.2, 0.25) is 0 Å². The van der Waals surface area contributed by atoms with E-state index < -0.39 is 11.4 Å². The molecule has 0 saturated heterocycles. The predicted octanol–water partition coefficient (Wildman–Crippen LogP) is 5.71. The van der Waals surface area contributed by atoms with E-state index in [-0.39, 0.29) is 5.60 Å². The molecule has 28 heavy (non-hydrogen) atoms. The standard InChI is InChI=1S/C24H36O4/c1-23(2,22(26)27)15-7-4-3-5-9-20-11-13-21(14-12-20)10-6-8-16-24(17-18-24)28-19-25/h11-14,19H,3-10,15-18H2,1-2H3,(H,26,27). The molecular weight excluding hydrogens is 352 g/mol. The van der Waals surface area contributed by atoms with E-state index in [1.165, 1.54) is 11.1 Å². The van der Waals surface area contributed by atoms with Crippen LogP contribution in [-0.4, -0.2) is 23.1 Å². The van der Waals surface area contributed by atoms with E-state index in [9.17, 15) is 9.59 Å². The lowest BCUT2D eigenvalue weighted by atomic mass is 9.87. The van der Waals surface area contributed by atoms with Gasteiger partial charge >= 0.3 is 5.97 Å². The third-order valence-electron chi connectivity index (χ3n) is 6.07. The Morgan fingerprint density at radius 3 is 2.04 bits per heavy atom. The second-order valence-electron chi connectivity index (χ2n) is 9.02. The Hall–Kier alpha value is -1.84. The zero-order valence-electron chi connectivity index (χ0n) is 17.5. The fraction of sp³-hybridized carbons (Fsp3) is 0.667. The van der Waals surface area contributed by atoms with Gasteiger partial charge in [0.1, 0.15) is 5.60 Å². The van der Waals surface area contributed by atoms with E-state index in [1.807, 2.05) is 0 Å². The van der Waals surface area contributed by atoms with Crippen molar-refractivity contribution in [1.82, 2.24) is 0 Å². The molecule has 1 aliphatic rings. The minimum absolute atomic E-state index is 0.116. The van der Waals surface area contributed by atoms with Crippen LogP contribution >= 0.6 is 0 Å². The fourth-order valence-corrected chi connectivity index (χ4v) is 3.67. The summed E-state index contributed by atoms with van der Waals surface area (Å²) in [5.41, 5.74) is 2.04. The van der Waals surface area contributed by atoms with Gasteiger partial charge in [0.2, 0.25) is 0 Å². The maximum atomic E-state index is 11.1. The first-order valence-electron chi connectivity index (χ1n) is 10.8. The van der Waals surface area contributed by atoms with Crippen LogP contribution < -0.4 is 0 Å². The molecule has 4 heteroatoms. The highest BCUT2D eigenvalue weighted by Crippen LogP contribution is 2.43. The number of carboxylic acid groups (broad SMARTS) is 1. The predicted molar refractivity (Wildman–Crippen MR) is 111 cm³/mol. The molecule has 0 aliphatic heterocycles. The van der Waals surface area contributed by atoms with Gasteiger partial charge in [-0.05, 0) is 82.8 Å². The van der Waals surface area contributed by atoms with E-state index in [0.29, 0.717) is 6.47 Å². The Morgan fingerprint density at radius 2 is 1.54 bits per heavy atom. The summed E-state index contributed by atoms with van der Waals surface area (Å²) < 4.78 is 5.19. The zero-order valence-corrected chi connectivity index (χ0v) is 17.5. The number of carbonyl (C=O) groups excluding carboxylic acids is 1. The molecular formula is C24H36O4. The lowest BCUT2D eigenvalue weighted by Crippen LogP contribution is -2.23. The molecule has 2 rings (SSSR count). The highest BCUT2D eigenvalue weighted by molar-refractivity contribution is 5.73. The van der Waals surface area contributed by atoms with Crippen molar-refractivity contribution in [3.05, 3.63) is 35.4 Å². The first-order valence-corrected chi connectivity index (χ1v) is 10.8.